The smallest absolute Gasteiger partial charge is 0.269 e. The van der Waals surface area contributed by atoms with Crippen LogP contribution in [0.25, 0.3) is 5.65 Å². The second-order valence-electron chi connectivity index (χ2n) is 6.46. The highest BCUT2D eigenvalue weighted by atomic mass is 16.6. The van der Waals surface area contributed by atoms with E-state index in [4.69, 9.17) is 4.74 Å². The largest absolute Gasteiger partial charge is 0.382 e. The minimum atomic E-state index is -0.414. The molecule has 0 bridgehead atoms. The molecule has 2 N–H and O–H groups in total. The van der Waals surface area contributed by atoms with Crippen LogP contribution in [0, 0.1) is 10.1 Å². The third-order valence-electron chi connectivity index (χ3n) is 4.33. The number of guanidine groups is 1. The molecule has 0 aliphatic carbocycles. The average Bonchev–Trinajstić information content (AvgIpc) is 3.18. The van der Waals surface area contributed by atoms with Crippen molar-refractivity contribution in [3.8, 4) is 0 Å². The molecule has 0 fully saturated rings. The number of pyridine rings is 1. The van der Waals surface area contributed by atoms with E-state index >= 15 is 0 Å². The molecule has 10 nitrogen and oxygen atoms in total. The molecular formula is C20H25N7O3. The van der Waals surface area contributed by atoms with Crippen LogP contribution in [0.15, 0.2) is 53.7 Å². The summed E-state index contributed by atoms with van der Waals surface area (Å²) in [7, 11) is 0. The van der Waals surface area contributed by atoms with Crippen LogP contribution in [-0.2, 0) is 17.8 Å². The Morgan fingerprint density at radius 3 is 2.80 bits per heavy atom. The number of nitrogens with zero attached hydrogens (tertiary/aromatic N) is 5. The number of rotatable bonds is 10. The predicted molar refractivity (Wildman–Crippen MR) is 113 cm³/mol. The normalized spacial score (nSPS) is 11.6. The number of benzene rings is 1. The van der Waals surface area contributed by atoms with Crippen LogP contribution in [0.4, 0.5) is 5.69 Å². The van der Waals surface area contributed by atoms with Crippen molar-refractivity contribution >= 4 is 17.3 Å². The first-order valence-corrected chi connectivity index (χ1v) is 9.79. The highest BCUT2D eigenvalue weighted by Gasteiger charge is 2.07. The third kappa shape index (κ3) is 5.98. The Hall–Kier alpha value is -3.53. The van der Waals surface area contributed by atoms with Gasteiger partial charge in [0.2, 0.25) is 0 Å². The van der Waals surface area contributed by atoms with Crippen LogP contribution in [-0.4, -0.2) is 45.2 Å². The van der Waals surface area contributed by atoms with Gasteiger partial charge in [-0.15, -0.1) is 10.2 Å². The zero-order valence-electron chi connectivity index (χ0n) is 16.8. The zero-order chi connectivity index (χ0) is 21.2. The van der Waals surface area contributed by atoms with Crippen molar-refractivity contribution in [2.24, 2.45) is 4.99 Å². The molecule has 0 atom stereocenters. The van der Waals surface area contributed by atoms with Crippen LogP contribution < -0.4 is 10.6 Å². The van der Waals surface area contributed by atoms with Crippen LogP contribution >= 0.6 is 0 Å². The molecule has 158 valence electrons. The molecule has 0 amide bonds. The summed E-state index contributed by atoms with van der Waals surface area (Å²) in [5.74, 6) is 1.39. The van der Waals surface area contributed by atoms with Crippen molar-refractivity contribution in [1.29, 1.82) is 0 Å². The highest BCUT2D eigenvalue weighted by molar-refractivity contribution is 5.79. The number of aromatic nitrogens is 3. The second kappa shape index (κ2) is 10.9. The molecule has 0 aliphatic rings. The molecule has 2 aromatic heterocycles. The lowest BCUT2D eigenvalue weighted by atomic mass is 10.2. The Labute approximate surface area is 174 Å². The first kappa shape index (κ1) is 21.2. The number of nitro groups is 1. The number of fused-ring (bicyclic) bond motifs is 1. The lowest BCUT2D eigenvalue weighted by Gasteiger charge is -2.12. The molecule has 0 saturated carbocycles. The van der Waals surface area contributed by atoms with Gasteiger partial charge in [-0.2, -0.15) is 0 Å². The Kier molecular flexibility index (Phi) is 7.67. The fraction of sp³-hybridized carbons (Fsp3) is 0.350. The highest BCUT2D eigenvalue weighted by Crippen LogP contribution is 2.12. The van der Waals surface area contributed by atoms with E-state index in [1.54, 1.807) is 12.1 Å². The first-order chi connectivity index (χ1) is 14.7. The van der Waals surface area contributed by atoms with Crippen molar-refractivity contribution in [2.75, 3.05) is 19.8 Å². The molecule has 30 heavy (non-hydrogen) atoms. The van der Waals surface area contributed by atoms with E-state index in [2.05, 4.69) is 25.8 Å². The summed E-state index contributed by atoms with van der Waals surface area (Å²) >= 11 is 0. The summed E-state index contributed by atoms with van der Waals surface area (Å²) in [6, 6.07) is 12.1. The van der Waals surface area contributed by atoms with Crippen molar-refractivity contribution < 1.29 is 9.66 Å². The van der Waals surface area contributed by atoms with E-state index in [1.165, 1.54) is 12.1 Å². The maximum Gasteiger partial charge on any atom is 0.269 e. The maximum atomic E-state index is 10.8. The number of nitro benzene ring substituents is 1. The molecule has 3 aromatic rings. The quantitative estimate of drug-likeness (QED) is 0.173. The summed E-state index contributed by atoms with van der Waals surface area (Å²) in [6.07, 6.45) is 2.76. The predicted octanol–water partition coefficient (Wildman–Crippen LogP) is 2.30. The van der Waals surface area contributed by atoms with Gasteiger partial charge in [0.1, 0.15) is 0 Å². The Bertz CT molecular complexity index is 985. The average molecular weight is 411 g/mol. The maximum absolute atomic E-state index is 10.8. The number of hydrogen-bond acceptors (Lipinski definition) is 6. The van der Waals surface area contributed by atoms with Gasteiger partial charge in [0.25, 0.3) is 5.69 Å². The van der Waals surface area contributed by atoms with E-state index in [0.29, 0.717) is 38.8 Å². The van der Waals surface area contributed by atoms with Gasteiger partial charge in [-0.3, -0.25) is 14.5 Å². The molecule has 0 aliphatic heterocycles. The number of aliphatic imine (C=N–C) groups is 1. The Morgan fingerprint density at radius 1 is 1.20 bits per heavy atom. The van der Waals surface area contributed by atoms with E-state index in [-0.39, 0.29) is 5.69 Å². The topological polar surface area (TPSA) is 119 Å². The van der Waals surface area contributed by atoms with Crippen molar-refractivity contribution in [3.05, 3.63) is 70.2 Å². The molecule has 1 aromatic carbocycles. The van der Waals surface area contributed by atoms with Gasteiger partial charge < -0.3 is 15.4 Å². The molecule has 10 heteroatoms. The SMILES string of the molecule is CCOCCCNC(=NCc1ccc([N+](=O)[O-])cc1)NCc1nnc2ccccn12. The lowest BCUT2D eigenvalue weighted by molar-refractivity contribution is -0.384. The summed E-state index contributed by atoms with van der Waals surface area (Å²) < 4.78 is 7.28. The lowest BCUT2D eigenvalue weighted by Crippen LogP contribution is -2.38. The summed E-state index contributed by atoms with van der Waals surface area (Å²) in [4.78, 5) is 15.0. The summed E-state index contributed by atoms with van der Waals surface area (Å²) in [5.41, 5.74) is 1.72. The number of non-ortho nitro benzene ring substituents is 1. The third-order valence-corrected chi connectivity index (χ3v) is 4.33. The molecule has 3 rings (SSSR count). The number of ether oxygens (including phenoxy) is 1. The summed E-state index contributed by atoms with van der Waals surface area (Å²) in [5, 5.41) is 25.7. The minimum absolute atomic E-state index is 0.0637. The van der Waals surface area contributed by atoms with Gasteiger partial charge in [0, 0.05) is 38.1 Å². The fourth-order valence-electron chi connectivity index (χ4n) is 2.77. The van der Waals surface area contributed by atoms with Crippen molar-refractivity contribution in [1.82, 2.24) is 25.2 Å². The van der Waals surface area contributed by atoms with Gasteiger partial charge in [-0.25, -0.2) is 4.99 Å². The van der Waals surface area contributed by atoms with Gasteiger partial charge in [0.05, 0.1) is 18.0 Å². The molecular weight excluding hydrogens is 386 g/mol. The van der Waals surface area contributed by atoms with Crippen LogP contribution in [0.1, 0.15) is 24.7 Å². The van der Waals surface area contributed by atoms with Crippen molar-refractivity contribution in [3.63, 3.8) is 0 Å². The van der Waals surface area contributed by atoms with Crippen LogP contribution in [0.3, 0.4) is 0 Å². The molecule has 0 radical (unpaired) electrons. The minimum Gasteiger partial charge on any atom is -0.382 e. The molecule has 0 unspecified atom stereocenters. The van der Waals surface area contributed by atoms with Gasteiger partial charge >= 0.3 is 0 Å². The Balaban J connectivity index is 1.64. The van der Waals surface area contributed by atoms with E-state index in [0.717, 1.165) is 23.5 Å². The van der Waals surface area contributed by atoms with Crippen molar-refractivity contribution in [2.45, 2.75) is 26.4 Å². The fourth-order valence-corrected chi connectivity index (χ4v) is 2.77. The number of nitrogens with one attached hydrogen (secondary N) is 2. The summed E-state index contributed by atoms with van der Waals surface area (Å²) in [6.45, 7) is 4.87. The molecule has 0 saturated heterocycles. The van der Waals surface area contributed by atoms with Crippen LogP contribution in [0.2, 0.25) is 0 Å². The molecule has 2 heterocycles. The Morgan fingerprint density at radius 2 is 2.03 bits per heavy atom. The monoisotopic (exact) mass is 411 g/mol. The van der Waals surface area contributed by atoms with E-state index in [9.17, 15) is 10.1 Å². The van der Waals surface area contributed by atoms with E-state index < -0.39 is 4.92 Å². The van der Waals surface area contributed by atoms with E-state index in [1.807, 2.05) is 35.7 Å². The second-order valence-corrected chi connectivity index (χ2v) is 6.46. The van der Waals surface area contributed by atoms with Gasteiger partial charge in [-0.1, -0.05) is 18.2 Å². The van der Waals surface area contributed by atoms with Gasteiger partial charge in [-0.05, 0) is 31.0 Å². The number of hydrogen-bond donors (Lipinski definition) is 2. The molecule has 0 spiro atoms. The first-order valence-electron chi connectivity index (χ1n) is 9.79. The van der Waals surface area contributed by atoms with Gasteiger partial charge in [0.15, 0.2) is 17.4 Å². The standard InChI is InChI=1S/C20H25N7O3/c1-2-30-13-5-11-21-20(22-14-16-7-9-17(10-8-16)27(28)29)23-15-19-25-24-18-6-3-4-12-26(18)19/h3-4,6-10,12H,2,5,11,13-15H2,1H3,(H2,21,22,23). The zero-order valence-corrected chi connectivity index (χ0v) is 16.8. The van der Waals surface area contributed by atoms with Crippen LogP contribution in [0.5, 0.6) is 0 Å².